The van der Waals surface area contributed by atoms with Crippen LogP contribution in [0.15, 0.2) is 22.8 Å². The summed E-state index contributed by atoms with van der Waals surface area (Å²) in [4.78, 5) is 25.8. The Hall–Kier alpha value is -1.82. The molecule has 0 radical (unpaired) electrons. The van der Waals surface area contributed by atoms with Crippen LogP contribution >= 0.6 is 0 Å². The summed E-state index contributed by atoms with van der Waals surface area (Å²) in [5.74, 6) is -0.207. The molecule has 2 rings (SSSR count). The Morgan fingerprint density at radius 3 is 3.05 bits per heavy atom. The lowest BCUT2D eigenvalue weighted by molar-refractivity contribution is -0.130. The minimum atomic E-state index is -0.585. The number of rotatable bonds is 4. The Balaban J connectivity index is 2.07. The van der Waals surface area contributed by atoms with E-state index in [0.29, 0.717) is 19.7 Å². The first-order chi connectivity index (χ1) is 9.24. The number of amides is 2. The molecular formula is C13H18N2O4. The molecule has 1 aromatic heterocycles. The van der Waals surface area contributed by atoms with Gasteiger partial charge in [0, 0.05) is 13.1 Å². The van der Waals surface area contributed by atoms with Crippen molar-refractivity contribution in [1.29, 1.82) is 0 Å². The summed E-state index contributed by atoms with van der Waals surface area (Å²) >= 11 is 0. The summed E-state index contributed by atoms with van der Waals surface area (Å²) in [6.45, 7) is 3.62. The van der Waals surface area contributed by atoms with E-state index in [1.807, 2.05) is 6.92 Å². The van der Waals surface area contributed by atoms with Gasteiger partial charge in [-0.15, -0.1) is 0 Å². The maximum atomic E-state index is 12.2. The van der Waals surface area contributed by atoms with Crippen molar-refractivity contribution in [3.8, 4) is 0 Å². The van der Waals surface area contributed by atoms with Crippen LogP contribution in [-0.4, -0.2) is 49.1 Å². The van der Waals surface area contributed by atoms with Gasteiger partial charge in [0.15, 0.2) is 5.76 Å². The Morgan fingerprint density at radius 2 is 2.37 bits per heavy atom. The number of carbonyl (C=O) groups excluding carboxylic acids is 2. The number of furan rings is 1. The Bertz CT molecular complexity index is 430. The quantitative estimate of drug-likeness (QED) is 0.868. The molecule has 1 aliphatic rings. The predicted octanol–water partition coefficient (Wildman–Crippen LogP) is 0.647. The van der Waals surface area contributed by atoms with Gasteiger partial charge in [0.1, 0.15) is 6.04 Å². The van der Waals surface area contributed by atoms with Gasteiger partial charge in [-0.25, -0.2) is 0 Å². The zero-order valence-corrected chi connectivity index (χ0v) is 10.9. The van der Waals surface area contributed by atoms with Crippen LogP contribution in [0.25, 0.3) is 0 Å². The lowest BCUT2D eigenvalue weighted by atomic mass is 10.2. The molecule has 1 saturated heterocycles. The monoisotopic (exact) mass is 266 g/mol. The molecule has 1 fully saturated rings. The van der Waals surface area contributed by atoms with Crippen LogP contribution in [-0.2, 0) is 9.53 Å². The van der Waals surface area contributed by atoms with E-state index in [4.69, 9.17) is 9.15 Å². The lowest BCUT2D eigenvalue weighted by Crippen LogP contribution is -2.55. The molecule has 6 nitrogen and oxygen atoms in total. The number of hydrogen-bond donors (Lipinski definition) is 1. The average molecular weight is 266 g/mol. The average Bonchev–Trinajstić information content (AvgIpc) is 2.98. The molecule has 0 aliphatic carbocycles. The predicted molar refractivity (Wildman–Crippen MR) is 67.7 cm³/mol. The second kappa shape index (κ2) is 6.38. The molecule has 2 heterocycles. The molecule has 104 valence electrons. The number of carbonyl (C=O) groups is 2. The summed E-state index contributed by atoms with van der Waals surface area (Å²) in [6.07, 6.45) is 2.30. The standard InChI is InChI=1S/C13H18N2O4/c1-2-5-14-12(16)10-9-18-8-6-15(10)13(17)11-4-3-7-19-11/h3-4,7,10H,2,5-6,8-9H2,1H3,(H,14,16). The largest absolute Gasteiger partial charge is 0.459 e. The molecule has 0 bridgehead atoms. The summed E-state index contributed by atoms with van der Waals surface area (Å²) in [7, 11) is 0. The van der Waals surface area contributed by atoms with Crippen molar-refractivity contribution < 1.29 is 18.7 Å². The van der Waals surface area contributed by atoms with Gasteiger partial charge in [0.25, 0.3) is 5.91 Å². The van der Waals surface area contributed by atoms with E-state index in [1.165, 1.54) is 11.2 Å². The molecular weight excluding hydrogens is 248 g/mol. The van der Waals surface area contributed by atoms with Gasteiger partial charge >= 0.3 is 0 Å². The molecule has 1 N–H and O–H groups in total. The second-order valence-electron chi connectivity index (χ2n) is 4.36. The zero-order chi connectivity index (χ0) is 13.7. The first kappa shape index (κ1) is 13.6. The van der Waals surface area contributed by atoms with E-state index >= 15 is 0 Å². The van der Waals surface area contributed by atoms with Crippen LogP contribution in [0.4, 0.5) is 0 Å². The van der Waals surface area contributed by atoms with Crippen LogP contribution in [0.5, 0.6) is 0 Å². The normalized spacial score (nSPS) is 19.2. The van der Waals surface area contributed by atoms with Crippen molar-refractivity contribution in [2.45, 2.75) is 19.4 Å². The van der Waals surface area contributed by atoms with Crippen molar-refractivity contribution in [2.75, 3.05) is 26.3 Å². The molecule has 0 saturated carbocycles. The van der Waals surface area contributed by atoms with Crippen LogP contribution in [0.2, 0.25) is 0 Å². The molecule has 1 aromatic rings. The van der Waals surface area contributed by atoms with E-state index in [2.05, 4.69) is 5.32 Å². The molecule has 1 atom stereocenters. The van der Waals surface area contributed by atoms with E-state index in [-0.39, 0.29) is 24.2 Å². The molecule has 0 spiro atoms. The maximum Gasteiger partial charge on any atom is 0.290 e. The fourth-order valence-electron chi connectivity index (χ4n) is 1.97. The lowest BCUT2D eigenvalue weighted by Gasteiger charge is -2.33. The van der Waals surface area contributed by atoms with Crippen LogP contribution in [0.3, 0.4) is 0 Å². The Labute approximate surface area is 111 Å². The maximum absolute atomic E-state index is 12.2. The first-order valence-electron chi connectivity index (χ1n) is 6.44. The number of hydrogen-bond acceptors (Lipinski definition) is 4. The first-order valence-corrected chi connectivity index (χ1v) is 6.44. The zero-order valence-electron chi connectivity index (χ0n) is 10.9. The SMILES string of the molecule is CCCNC(=O)C1COCCN1C(=O)c1ccco1. The minimum absolute atomic E-state index is 0.179. The third-order valence-corrected chi connectivity index (χ3v) is 2.97. The molecule has 1 unspecified atom stereocenters. The van der Waals surface area contributed by atoms with Gasteiger partial charge < -0.3 is 19.4 Å². The molecule has 2 amide bonds. The number of morpholine rings is 1. The van der Waals surface area contributed by atoms with Gasteiger partial charge in [-0.3, -0.25) is 9.59 Å². The highest BCUT2D eigenvalue weighted by Gasteiger charge is 2.34. The number of nitrogens with zero attached hydrogens (tertiary/aromatic N) is 1. The van der Waals surface area contributed by atoms with E-state index in [0.717, 1.165) is 6.42 Å². The van der Waals surface area contributed by atoms with E-state index < -0.39 is 6.04 Å². The van der Waals surface area contributed by atoms with E-state index in [1.54, 1.807) is 12.1 Å². The summed E-state index contributed by atoms with van der Waals surface area (Å²) in [5, 5.41) is 2.79. The van der Waals surface area contributed by atoms with Crippen LogP contribution in [0.1, 0.15) is 23.9 Å². The van der Waals surface area contributed by atoms with Crippen molar-refractivity contribution in [3.05, 3.63) is 24.2 Å². The summed E-state index contributed by atoms with van der Waals surface area (Å²) in [5.41, 5.74) is 0. The van der Waals surface area contributed by atoms with Gasteiger partial charge in [-0.2, -0.15) is 0 Å². The van der Waals surface area contributed by atoms with Crippen LogP contribution < -0.4 is 5.32 Å². The van der Waals surface area contributed by atoms with E-state index in [9.17, 15) is 9.59 Å². The van der Waals surface area contributed by atoms with Gasteiger partial charge in [0.2, 0.25) is 5.91 Å². The number of ether oxygens (including phenoxy) is 1. The molecule has 19 heavy (non-hydrogen) atoms. The Morgan fingerprint density at radius 1 is 1.53 bits per heavy atom. The molecule has 6 heteroatoms. The molecule has 1 aliphatic heterocycles. The topological polar surface area (TPSA) is 71.8 Å². The third-order valence-electron chi connectivity index (χ3n) is 2.97. The number of nitrogens with one attached hydrogen (secondary N) is 1. The second-order valence-corrected chi connectivity index (χ2v) is 4.36. The van der Waals surface area contributed by atoms with Gasteiger partial charge in [-0.1, -0.05) is 6.92 Å². The Kier molecular flexibility index (Phi) is 4.57. The minimum Gasteiger partial charge on any atom is -0.459 e. The fourth-order valence-corrected chi connectivity index (χ4v) is 1.97. The smallest absolute Gasteiger partial charge is 0.290 e. The van der Waals surface area contributed by atoms with Crippen molar-refractivity contribution in [3.63, 3.8) is 0 Å². The highest BCUT2D eigenvalue weighted by Crippen LogP contribution is 2.13. The van der Waals surface area contributed by atoms with Crippen molar-refractivity contribution in [1.82, 2.24) is 10.2 Å². The highest BCUT2D eigenvalue weighted by molar-refractivity contribution is 5.95. The summed E-state index contributed by atoms with van der Waals surface area (Å²) in [6, 6.07) is 2.66. The third kappa shape index (κ3) is 3.14. The van der Waals surface area contributed by atoms with Gasteiger partial charge in [-0.05, 0) is 18.6 Å². The highest BCUT2D eigenvalue weighted by atomic mass is 16.5. The fraction of sp³-hybridized carbons (Fsp3) is 0.538. The van der Waals surface area contributed by atoms with Crippen molar-refractivity contribution in [2.24, 2.45) is 0 Å². The van der Waals surface area contributed by atoms with Crippen molar-refractivity contribution >= 4 is 11.8 Å². The van der Waals surface area contributed by atoms with Gasteiger partial charge in [0.05, 0.1) is 19.5 Å². The summed E-state index contributed by atoms with van der Waals surface area (Å²) < 4.78 is 10.4. The van der Waals surface area contributed by atoms with Crippen LogP contribution in [0, 0.1) is 0 Å². The molecule has 0 aromatic carbocycles.